The molecule has 0 aromatic heterocycles. The molecule has 28 heavy (non-hydrogen) atoms. The molecule has 0 bridgehead atoms. The smallest absolute Gasteiger partial charge is 0.262 e. The second kappa shape index (κ2) is 12.5. The van der Waals surface area contributed by atoms with Crippen LogP contribution < -0.4 is 14.8 Å². The largest absolute Gasteiger partial charge is 0.494 e. The zero-order valence-electron chi connectivity index (χ0n) is 16.2. The fourth-order valence-corrected chi connectivity index (χ4v) is 3.09. The van der Waals surface area contributed by atoms with Gasteiger partial charge < -0.3 is 14.8 Å². The summed E-state index contributed by atoms with van der Waals surface area (Å²) < 4.78 is 11.2. The van der Waals surface area contributed by atoms with E-state index in [1.807, 2.05) is 12.1 Å². The van der Waals surface area contributed by atoms with Gasteiger partial charge in [-0.25, -0.2) is 0 Å². The first-order valence-corrected chi connectivity index (χ1v) is 10.4. The van der Waals surface area contributed by atoms with Crippen molar-refractivity contribution in [1.29, 1.82) is 0 Å². The summed E-state index contributed by atoms with van der Waals surface area (Å²) in [5.74, 6) is 1.11. The number of carbonyl (C=O) groups excluding carboxylic acids is 1. The molecule has 152 valence electrons. The van der Waals surface area contributed by atoms with Gasteiger partial charge >= 0.3 is 0 Å². The van der Waals surface area contributed by atoms with Gasteiger partial charge in [0.25, 0.3) is 5.91 Å². The minimum absolute atomic E-state index is 0.114. The van der Waals surface area contributed by atoms with Crippen LogP contribution in [0.4, 0.5) is 5.69 Å². The summed E-state index contributed by atoms with van der Waals surface area (Å²) in [4.78, 5) is 12.0. The first-order chi connectivity index (χ1) is 13.6. The average Bonchev–Trinajstić information content (AvgIpc) is 2.69. The Kier molecular flexibility index (Phi) is 10.0. The molecular formula is C22H27Cl2NO3. The normalized spacial score (nSPS) is 10.5. The Hall–Kier alpha value is -1.91. The Balaban J connectivity index is 1.67. The number of hydrogen-bond acceptors (Lipinski definition) is 3. The summed E-state index contributed by atoms with van der Waals surface area (Å²) >= 11 is 11.9. The summed E-state index contributed by atoms with van der Waals surface area (Å²) in [6.45, 7) is 2.83. The Bertz CT molecular complexity index is 735. The first-order valence-electron chi connectivity index (χ1n) is 9.69. The van der Waals surface area contributed by atoms with Crippen molar-refractivity contribution in [3.05, 3.63) is 52.5 Å². The number of halogens is 2. The van der Waals surface area contributed by atoms with Gasteiger partial charge in [0.1, 0.15) is 11.5 Å². The highest BCUT2D eigenvalue weighted by atomic mass is 35.5. The van der Waals surface area contributed by atoms with Crippen molar-refractivity contribution in [2.24, 2.45) is 0 Å². The number of nitrogens with one attached hydrogen (secondary N) is 1. The van der Waals surface area contributed by atoms with Gasteiger partial charge in [-0.15, -0.1) is 0 Å². The molecule has 1 amide bonds. The number of unbranched alkanes of at least 4 members (excludes halogenated alkanes) is 5. The molecular weight excluding hydrogens is 397 g/mol. The SMILES string of the molecule is CCCCCCCCOc1ccc(OCC(=O)Nc2ccc(Cl)cc2Cl)cc1. The third kappa shape index (κ3) is 8.41. The van der Waals surface area contributed by atoms with Crippen LogP contribution in [0.15, 0.2) is 42.5 Å². The standard InChI is InChI=1S/C22H27Cl2NO3/c1-2-3-4-5-6-7-14-27-18-9-11-19(12-10-18)28-16-22(26)25-21-13-8-17(23)15-20(21)24/h8-13,15H,2-7,14,16H2,1H3,(H,25,26). The van der Waals surface area contributed by atoms with Crippen LogP contribution in [0.5, 0.6) is 11.5 Å². The summed E-state index contributed by atoms with van der Waals surface area (Å²) in [5.41, 5.74) is 0.498. The van der Waals surface area contributed by atoms with E-state index in [9.17, 15) is 4.79 Å². The van der Waals surface area contributed by atoms with Crippen molar-refractivity contribution in [2.75, 3.05) is 18.5 Å². The van der Waals surface area contributed by atoms with Crippen LogP contribution in [0.25, 0.3) is 0 Å². The molecule has 0 aliphatic heterocycles. The van der Waals surface area contributed by atoms with E-state index < -0.39 is 0 Å². The number of ether oxygens (including phenoxy) is 2. The summed E-state index contributed by atoms with van der Waals surface area (Å²) in [6, 6.07) is 12.2. The molecule has 0 radical (unpaired) electrons. The highest BCUT2D eigenvalue weighted by Crippen LogP contribution is 2.25. The van der Waals surface area contributed by atoms with Gasteiger partial charge in [0.05, 0.1) is 17.3 Å². The molecule has 2 aromatic carbocycles. The Labute approximate surface area is 177 Å². The Morgan fingerprint density at radius 2 is 1.54 bits per heavy atom. The molecule has 6 heteroatoms. The van der Waals surface area contributed by atoms with Gasteiger partial charge in [0.2, 0.25) is 0 Å². The van der Waals surface area contributed by atoms with Crippen molar-refractivity contribution in [3.63, 3.8) is 0 Å². The molecule has 0 aliphatic carbocycles. The molecule has 0 aliphatic rings. The minimum Gasteiger partial charge on any atom is -0.494 e. The highest BCUT2D eigenvalue weighted by Gasteiger charge is 2.07. The number of anilines is 1. The lowest BCUT2D eigenvalue weighted by molar-refractivity contribution is -0.118. The van der Waals surface area contributed by atoms with Gasteiger partial charge in [-0.05, 0) is 48.9 Å². The molecule has 0 saturated heterocycles. The quantitative estimate of drug-likeness (QED) is 0.384. The fourth-order valence-electron chi connectivity index (χ4n) is 2.63. The zero-order valence-corrected chi connectivity index (χ0v) is 17.7. The van der Waals surface area contributed by atoms with Gasteiger partial charge in [0, 0.05) is 5.02 Å². The van der Waals surface area contributed by atoms with Crippen LogP contribution >= 0.6 is 23.2 Å². The van der Waals surface area contributed by atoms with Gasteiger partial charge in [-0.3, -0.25) is 4.79 Å². The maximum absolute atomic E-state index is 12.0. The van der Waals surface area contributed by atoms with Crippen molar-refractivity contribution >= 4 is 34.8 Å². The third-order valence-corrected chi connectivity index (χ3v) is 4.71. The van der Waals surface area contributed by atoms with Crippen molar-refractivity contribution in [1.82, 2.24) is 0 Å². The minimum atomic E-state index is -0.298. The number of rotatable bonds is 12. The molecule has 2 aromatic rings. The average molecular weight is 424 g/mol. The maximum atomic E-state index is 12.0. The number of carbonyl (C=O) groups is 1. The highest BCUT2D eigenvalue weighted by molar-refractivity contribution is 6.36. The zero-order chi connectivity index (χ0) is 20.2. The summed E-state index contributed by atoms with van der Waals surface area (Å²) in [7, 11) is 0. The van der Waals surface area contributed by atoms with E-state index in [1.165, 1.54) is 32.1 Å². The molecule has 0 fully saturated rings. The topological polar surface area (TPSA) is 47.6 Å². The van der Waals surface area contributed by atoms with Crippen molar-refractivity contribution in [2.45, 2.75) is 45.4 Å². The van der Waals surface area contributed by atoms with Crippen molar-refractivity contribution < 1.29 is 14.3 Å². The molecule has 1 N–H and O–H groups in total. The van der Waals surface area contributed by atoms with Crippen LogP contribution in [-0.4, -0.2) is 19.1 Å². The molecule has 0 spiro atoms. The Morgan fingerprint density at radius 1 is 0.893 bits per heavy atom. The van der Waals surface area contributed by atoms with E-state index in [2.05, 4.69) is 12.2 Å². The number of benzene rings is 2. The molecule has 0 heterocycles. The second-order valence-electron chi connectivity index (χ2n) is 6.55. The van der Waals surface area contributed by atoms with Crippen LogP contribution in [-0.2, 0) is 4.79 Å². The number of hydrogen-bond donors (Lipinski definition) is 1. The molecule has 4 nitrogen and oxygen atoms in total. The van der Waals surface area contributed by atoms with E-state index in [0.717, 1.165) is 18.8 Å². The van der Waals surface area contributed by atoms with E-state index in [1.54, 1.807) is 30.3 Å². The van der Waals surface area contributed by atoms with Crippen LogP contribution in [0, 0.1) is 0 Å². The monoisotopic (exact) mass is 423 g/mol. The third-order valence-electron chi connectivity index (χ3n) is 4.17. The predicted molar refractivity (Wildman–Crippen MR) is 116 cm³/mol. The van der Waals surface area contributed by atoms with Gasteiger partial charge in [-0.2, -0.15) is 0 Å². The van der Waals surface area contributed by atoms with Crippen molar-refractivity contribution in [3.8, 4) is 11.5 Å². The lowest BCUT2D eigenvalue weighted by Crippen LogP contribution is -2.20. The van der Waals surface area contributed by atoms with Gasteiger partial charge in [0.15, 0.2) is 6.61 Å². The fraction of sp³-hybridized carbons (Fsp3) is 0.409. The lowest BCUT2D eigenvalue weighted by Gasteiger charge is -2.10. The first kappa shape index (κ1) is 22.4. The van der Waals surface area contributed by atoms with E-state index in [4.69, 9.17) is 32.7 Å². The van der Waals surface area contributed by atoms with Crippen LogP contribution in [0.2, 0.25) is 10.0 Å². The van der Waals surface area contributed by atoms with E-state index >= 15 is 0 Å². The van der Waals surface area contributed by atoms with Gasteiger partial charge in [-0.1, -0.05) is 62.2 Å². The molecule has 0 saturated carbocycles. The molecule has 0 unspecified atom stereocenters. The number of amides is 1. The van der Waals surface area contributed by atoms with E-state index in [-0.39, 0.29) is 12.5 Å². The maximum Gasteiger partial charge on any atom is 0.262 e. The summed E-state index contributed by atoms with van der Waals surface area (Å²) in [6.07, 6.45) is 7.42. The summed E-state index contributed by atoms with van der Waals surface area (Å²) in [5, 5.41) is 3.59. The molecule has 2 rings (SSSR count). The molecule has 0 atom stereocenters. The predicted octanol–water partition coefficient (Wildman–Crippen LogP) is 6.75. The lowest BCUT2D eigenvalue weighted by atomic mass is 10.1. The van der Waals surface area contributed by atoms with Crippen LogP contribution in [0.1, 0.15) is 45.4 Å². The second-order valence-corrected chi connectivity index (χ2v) is 7.39. The van der Waals surface area contributed by atoms with E-state index in [0.29, 0.717) is 21.5 Å². The Morgan fingerprint density at radius 3 is 2.21 bits per heavy atom. The van der Waals surface area contributed by atoms with Crippen LogP contribution in [0.3, 0.4) is 0 Å².